The molecule has 0 spiro atoms. The van der Waals surface area contributed by atoms with Crippen LogP contribution < -0.4 is 10.5 Å². The van der Waals surface area contributed by atoms with E-state index in [4.69, 9.17) is 11.0 Å². The molecule has 1 aliphatic carbocycles. The molecule has 0 heterocycles. The van der Waals surface area contributed by atoms with Gasteiger partial charge in [-0.15, -0.1) is 4.72 Å². The zero-order valence-electron chi connectivity index (χ0n) is 17.2. The van der Waals surface area contributed by atoms with Gasteiger partial charge in [0.1, 0.15) is 10.6 Å². The lowest BCUT2D eigenvalue weighted by Crippen LogP contribution is -2.42. The molecular formula is C23H28FN3OS. The smallest absolute Gasteiger partial charge is 0.146 e. The highest BCUT2D eigenvalue weighted by atomic mass is 32.2. The largest absolute Gasteiger partial charge is 0.598 e. The van der Waals surface area contributed by atoms with Crippen molar-refractivity contribution in [3.05, 3.63) is 65.0 Å². The number of nitrogens with zero attached hydrogens (tertiary/aromatic N) is 1. The number of hydrogen-bond acceptors (Lipinski definition) is 4. The summed E-state index contributed by atoms with van der Waals surface area (Å²) in [6.45, 7) is 6.36. The maximum atomic E-state index is 13.9. The molecule has 3 N–H and O–H groups in total. The maximum absolute atomic E-state index is 13.9. The lowest BCUT2D eigenvalue weighted by molar-refractivity contribution is 0.410. The Balaban J connectivity index is 2.01. The molecule has 0 saturated heterocycles. The minimum atomic E-state index is -1.17. The second-order valence-electron chi connectivity index (χ2n) is 8.70. The molecule has 1 aliphatic rings. The van der Waals surface area contributed by atoms with Crippen LogP contribution in [0.1, 0.15) is 56.7 Å². The molecule has 154 valence electrons. The van der Waals surface area contributed by atoms with Crippen LogP contribution >= 0.6 is 0 Å². The lowest BCUT2D eigenvalue weighted by atomic mass is 9.68. The van der Waals surface area contributed by atoms with E-state index in [9.17, 15) is 8.94 Å². The monoisotopic (exact) mass is 413 g/mol. The van der Waals surface area contributed by atoms with E-state index in [0.717, 1.165) is 24.0 Å². The summed E-state index contributed by atoms with van der Waals surface area (Å²) in [5.74, 6) is -0.0320. The molecule has 2 atom stereocenters. The van der Waals surface area contributed by atoms with Gasteiger partial charge >= 0.3 is 0 Å². The van der Waals surface area contributed by atoms with Gasteiger partial charge < -0.3 is 10.3 Å². The Bertz CT molecular complexity index is 900. The first-order chi connectivity index (χ1) is 13.7. The van der Waals surface area contributed by atoms with Crippen molar-refractivity contribution in [2.75, 3.05) is 12.3 Å². The predicted molar refractivity (Wildman–Crippen MR) is 116 cm³/mol. The van der Waals surface area contributed by atoms with Gasteiger partial charge in [-0.05, 0) is 81.3 Å². The number of halogens is 1. The highest BCUT2D eigenvalue weighted by Crippen LogP contribution is 2.53. The van der Waals surface area contributed by atoms with Gasteiger partial charge in [0.2, 0.25) is 0 Å². The fraction of sp³-hybridized carbons (Fsp3) is 0.435. The number of hydrogen-bond donors (Lipinski definition) is 2. The molecule has 3 rings (SSSR count). The first-order valence-electron chi connectivity index (χ1n) is 9.90. The molecule has 0 aliphatic heterocycles. The summed E-state index contributed by atoms with van der Waals surface area (Å²) in [7, 11) is 0. The molecular weight excluding hydrogens is 385 g/mol. The third-order valence-electron chi connectivity index (χ3n) is 5.62. The van der Waals surface area contributed by atoms with Gasteiger partial charge in [0.05, 0.1) is 17.3 Å². The van der Waals surface area contributed by atoms with Gasteiger partial charge in [-0.25, -0.2) is 4.39 Å². The quantitative estimate of drug-likeness (QED) is 0.520. The van der Waals surface area contributed by atoms with E-state index in [1.54, 1.807) is 6.07 Å². The van der Waals surface area contributed by atoms with Crippen molar-refractivity contribution in [1.82, 2.24) is 4.72 Å². The van der Waals surface area contributed by atoms with Crippen LogP contribution in [0.2, 0.25) is 0 Å². The van der Waals surface area contributed by atoms with E-state index in [0.29, 0.717) is 24.4 Å². The molecule has 0 amide bonds. The molecule has 0 unspecified atom stereocenters. The number of benzene rings is 2. The Kier molecular flexibility index (Phi) is 6.23. The van der Waals surface area contributed by atoms with Gasteiger partial charge in [0.15, 0.2) is 0 Å². The summed E-state index contributed by atoms with van der Waals surface area (Å²) in [6.07, 6.45) is 2.84. The topological polar surface area (TPSA) is 84.9 Å². The van der Waals surface area contributed by atoms with Crippen LogP contribution in [0.4, 0.5) is 10.1 Å². The van der Waals surface area contributed by atoms with Gasteiger partial charge in [0, 0.05) is 23.3 Å². The number of anilines is 1. The van der Waals surface area contributed by atoms with Crippen molar-refractivity contribution in [2.45, 2.75) is 50.2 Å². The van der Waals surface area contributed by atoms with Gasteiger partial charge in [-0.1, -0.05) is 18.2 Å². The highest BCUT2D eigenvalue weighted by molar-refractivity contribution is 7.90. The molecule has 0 aromatic heterocycles. The minimum Gasteiger partial charge on any atom is -0.598 e. The first-order valence-corrected chi connectivity index (χ1v) is 11.0. The van der Waals surface area contributed by atoms with E-state index in [1.165, 1.54) is 6.07 Å². The zero-order valence-corrected chi connectivity index (χ0v) is 18.0. The number of nitriles is 1. The van der Waals surface area contributed by atoms with Crippen LogP contribution in [0, 0.1) is 23.1 Å². The summed E-state index contributed by atoms with van der Waals surface area (Å²) in [6, 6.07) is 14.7. The fourth-order valence-corrected chi connectivity index (χ4v) is 4.65. The summed E-state index contributed by atoms with van der Waals surface area (Å²) in [4.78, 5) is 0. The van der Waals surface area contributed by atoms with Crippen LogP contribution in [0.3, 0.4) is 0 Å². The van der Waals surface area contributed by atoms with Crippen LogP contribution in [-0.4, -0.2) is 15.8 Å². The van der Waals surface area contributed by atoms with E-state index in [2.05, 4.69) is 10.8 Å². The average molecular weight is 414 g/mol. The summed E-state index contributed by atoms with van der Waals surface area (Å²) >= 11 is -1.17. The Hall–Kier alpha value is -2.07. The van der Waals surface area contributed by atoms with Crippen LogP contribution in [0.25, 0.3) is 0 Å². The summed E-state index contributed by atoms with van der Waals surface area (Å²) < 4.78 is 29.2. The van der Waals surface area contributed by atoms with Gasteiger partial charge in [0.25, 0.3) is 0 Å². The minimum absolute atomic E-state index is 0.132. The fourth-order valence-electron chi connectivity index (χ4n) is 3.93. The van der Waals surface area contributed by atoms with Gasteiger partial charge in [-0.3, -0.25) is 0 Å². The van der Waals surface area contributed by atoms with Crippen molar-refractivity contribution < 1.29 is 8.94 Å². The third-order valence-corrected chi connectivity index (χ3v) is 7.20. The third kappa shape index (κ3) is 4.58. The Morgan fingerprint density at radius 2 is 1.79 bits per heavy atom. The second kappa shape index (κ2) is 8.35. The van der Waals surface area contributed by atoms with E-state index < -0.39 is 17.2 Å². The summed E-state index contributed by atoms with van der Waals surface area (Å²) in [5.41, 5.74) is 8.32. The molecule has 2 aromatic carbocycles. The Morgan fingerprint density at radius 3 is 2.31 bits per heavy atom. The zero-order chi connectivity index (χ0) is 21.2. The standard InChI is InChI=1S/C23H28FN3OS/c1-22(2,3)29(28)27-13-12-23(18-8-9-18,17-6-4-16(15-25)5-7-17)19-10-11-20(24)21(26)14-19/h4-7,10-11,14,18,27H,8-9,12-13,26H2,1-3H3/t23-,29-/m1/s1. The maximum Gasteiger partial charge on any atom is 0.146 e. The molecule has 2 aromatic rings. The normalized spacial score (nSPS) is 17.4. The number of nitrogens with two attached hydrogens (primary N) is 1. The molecule has 0 radical (unpaired) electrons. The molecule has 1 saturated carbocycles. The van der Waals surface area contributed by atoms with Crippen molar-refractivity contribution in [3.63, 3.8) is 0 Å². The second-order valence-corrected chi connectivity index (χ2v) is 10.7. The Morgan fingerprint density at radius 1 is 1.17 bits per heavy atom. The van der Waals surface area contributed by atoms with E-state index in [-0.39, 0.29) is 15.8 Å². The van der Waals surface area contributed by atoms with Gasteiger partial charge in [-0.2, -0.15) is 5.26 Å². The predicted octanol–water partition coefficient (Wildman–Crippen LogP) is 4.42. The van der Waals surface area contributed by atoms with E-state index in [1.807, 2.05) is 51.1 Å². The summed E-state index contributed by atoms with van der Waals surface area (Å²) in [5, 5.41) is 9.16. The first kappa shape index (κ1) is 21.6. The van der Waals surface area contributed by atoms with Crippen molar-refractivity contribution >= 4 is 17.0 Å². The molecule has 0 bridgehead atoms. The van der Waals surface area contributed by atoms with Crippen LogP contribution in [0.15, 0.2) is 42.5 Å². The molecule has 1 fully saturated rings. The average Bonchev–Trinajstić information content (AvgIpc) is 3.52. The van der Waals surface area contributed by atoms with Crippen molar-refractivity contribution in [3.8, 4) is 6.07 Å². The van der Waals surface area contributed by atoms with Crippen molar-refractivity contribution in [1.29, 1.82) is 5.26 Å². The van der Waals surface area contributed by atoms with Crippen LogP contribution in [0.5, 0.6) is 0 Å². The number of rotatable bonds is 7. The SMILES string of the molecule is CC(C)(C)[S@@+]([O-])NCC[C@](c1ccc(C#N)cc1)(c1ccc(F)c(N)c1)C1CC1. The number of nitrogen functional groups attached to an aromatic ring is 1. The molecule has 4 nitrogen and oxygen atoms in total. The van der Waals surface area contributed by atoms with Crippen LogP contribution in [-0.2, 0) is 16.8 Å². The molecule has 29 heavy (non-hydrogen) atoms. The highest BCUT2D eigenvalue weighted by Gasteiger charge is 2.47. The molecule has 6 heteroatoms. The number of nitrogens with one attached hydrogen (secondary N) is 1. The lowest BCUT2D eigenvalue weighted by Gasteiger charge is -2.36. The van der Waals surface area contributed by atoms with Crippen molar-refractivity contribution in [2.24, 2.45) is 5.92 Å². The van der Waals surface area contributed by atoms with E-state index >= 15 is 0 Å². The Labute approximate surface area is 175 Å².